The summed E-state index contributed by atoms with van der Waals surface area (Å²) in [6, 6.07) is 15.1. The second-order valence-corrected chi connectivity index (χ2v) is 11.0. The molecule has 4 aromatic rings. The Bertz CT molecular complexity index is 1720. The second-order valence-electron chi connectivity index (χ2n) is 9.35. The van der Waals surface area contributed by atoms with E-state index in [1.165, 1.54) is 56.5 Å². The van der Waals surface area contributed by atoms with Crippen molar-refractivity contribution in [3.8, 4) is 23.1 Å². The zero-order valence-electron chi connectivity index (χ0n) is 23.2. The topological polar surface area (TPSA) is 149 Å². The fourth-order valence-electron chi connectivity index (χ4n) is 3.90. The molecule has 4 rings (SSSR count). The predicted octanol–water partition coefficient (Wildman–Crippen LogP) is 5.15. The maximum absolute atomic E-state index is 13.6. The summed E-state index contributed by atoms with van der Waals surface area (Å²) in [5.74, 6) is -2.01. The Morgan fingerprint density at radius 2 is 1.74 bits per heavy atom. The summed E-state index contributed by atoms with van der Waals surface area (Å²) in [6.07, 6.45) is 0.502. The van der Waals surface area contributed by atoms with Crippen molar-refractivity contribution >= 4 is 27.6 Å². The predicted molar refractivity (Wildman–Crippen MR) is 153 cm³/mol. The highest BCUT2D eigenvalue weighted by Gasteiger charge is 2.27. The van der Waals surface area contributed by atoms with Crippen molar-refractivity contribution in [3.05, 3.63) is 89.4 Å². The summed E-state index contributed by atoms with van der Waals surface area (Å²) in [7, 11) is -2.69. The van der Waals surface area contributed by atoms with Crippen molar-refractivity contribution in [2.24, 2.45) is 0 Å². The van der Waals surface area contributed by atoms with Crippen LogP contribution in [-0.4, -0.2) is 48.3 Å². The van der Waals surface area contributed by atoms with Crippen LogP contribution < -0.4 is 19.5 Å². The van der Waals surface area contributed by atoms with E-state index in [4.69, 9.17) is 9.47 Å². The number of hydrogen-bond acceptors (Lipinski definition) is 7. The van der Waals surface area contributed by atoms with Gasteiger partial charge in [0.05, 0.1) is 12.8 Å². The third-order valence-electron chi connectivity index (χ3n) is 6.36. The van der Waals surface area contributed by atoms with Crippen molar-refractivity contribution in [2.45, 2.75) is 38.1 Å². The maximum atomic E-state index is 13.6. The number of sulfonamides is 1. The Hall–Kier alpha value is -4.75. The minimum absolute atomic E-state index is 0.0889. The number of carbonyl (C=O) groups excluding carboxylic acids is 1. The lowest BCUT2D eigenvalue weighted by Crippen LogP contribution is -2.32. The van der Waals surface area contributed by atoms with Gasteiger partial charge in [-0.05, 0) is 87.0 Å². The number of hydrogen-bond donors (Lipinski definition) is 3. The van der Waals surface area contributed by atoms with E-state index >= 15 is 0 Å². The number of carbonyl (C=O) groups is 2. The lowest BCUT2D eigenvalue weighted by Gasteiger charge is -2.17. The van der Waals surface area contributed by atoms with Crippen LogP contribution in [0.2, 0.25) is 0 Å². The minimum atomic E-state index is -4.20. The molecule has 1 atom stereocenters. The van der Waals surface area contributed by atoms with E-state index in [2.05, 4.69) is 15.1 Å². The van der Waals surface area contributed by atoms with Crippen molar-refractivity contribution in [2.75, 3.05) is 12.4 Å². The summed E-state index contributed by atoms with van der Waals surface area (Å²) in [5, 5.41) is 16.5. The van der Waals surface area contributed by atoms with Gasteiger partial charge >= 0.3 is 5.97 Å². The van der Waals surface area contributed by atoms with Crippen molar-refractivity contribution in [3.63, 3.8) is 0 Å². The molecule has 220 valence electrons. The van der Waals surface area contributed by atoms with Crippen LogP contribution in [0.4, 0.5) is 10.1 Å². The van der Waals surface area contributed by atoms with E-state index in [1.807, 2.05) is 6.92 Å². The van der Waals surface area contributed by atoms with Gasteiger partial charge in [0, 0.05) is 22.9 Å². The first-order valence-corrected chi connectivity index (χ1v) is 14.3. The highest BCUT2D eigenvalue weighted by atomic mass is 32.2. The minimum Gasteiger partial charge on any atom is -0.497 e. The molecule has 0 spiro atoms. The molecule has 0 aliphatic rings. The molecule has 11 nitrogen and oxygen atoms in total. The Morgan fingerprint density at radius 3 is 2.33 bits per heavy atom. The average molecular weight is 597 g/mol. The Labute approximate surface area is 241 Å². The van der Waals surface area contributed by atoms with Gasteiger partial charge < -0.3 is 19.9 Å². The summed E-state index contributed by atoms with van der Waals surface area (Å²) in [6.45, 7) is 4.97. The van der Waals surface area contributed by atoms with Gasteiger partial charge in [-0.25, -0.2) is 22.3 Å². The highest BCUT2D eigenvalue weighted by molar-refractivity contribution is 7.89. The Balaban J connectivity index is 1.79. The van der Waals surface area contributed by atoms with Crippen molar-refractivity contribution in [1.82, 2.24) is 14.5 Å². The van der Waals surface area contributed by atoms with E-state index < -0.39 is 33.8 Å². The zero-order chi connectivity index (χ0) is 30.6. The molecular formula is C29H29FN4O7S. The Morgan fingerprint density at radius 1 is 1.07 bits per heavy atom. The van der Waals surface area contributed by atoms with Gasteiger partial charge in [-0.3, -0.25) is 4.79 Å². The molecular weight excluding hydrogens is 567 g/mol. The number of halogens is 1. The molecule has 0 radical (unpaired) electrons. The fraction of sp³-hybridized carbons (Fsp3) is 0.207. The molecule has 42 heavy (non-hydrogen) atoms. The first-order chi connectivity index (χ1) is 19.9. The highest BCUT2D eigenvalue weighted by Crippen LogP contribution is 2.35. The molecule has 0 saturated heterocycles. The fourth-order valence-corrected chi connectivity index (χ4v) is 5.38. The number of nitrogens with one attached hydrogen (secondary N) is 2. The summed E-state index contributed by atoms with van der Waals surface area (Å²) in [5.41, 5.74) is 0.551. The zero-order valence-corrected chi connectivity index (χ0v) is 24.0. The number of benzene rings is 3. The van der Waals surface area contributed by atoms with E-state index in [-0.39, 0.29) is 39.2 Å². The number of nitrogens with zero attached hydrogens (tertiary/aromatic N) is 2. The van der Waals surface area contributed by atoms with Crippen LogP contribution in [0.3, 0.4) is 0 Å². The van der Waals surface area contributed by atoms with E-state index in [1.54, 1.807) is 31.2 Å². The van der Waals surface area contributed by atoms with Gasteiger partial charge in [-0.15, -0.1) is 0 Å². The van der Waals surface area contributed by atoms with Gasteiger partial charge in [0.15, 0.2) is 5.69 Å². The van der Waals surface area contributed by atoms with E-state index in [9.17, 15) is 27.5 Å². The first-order valence-electron chi connectivity index (χ1n) is 12.8. The molecule has 0 aliphatic heterocycles. The second kappa shape index (κ2) is 12.4. The molecule has 1 heterocycles. The molecule has 0 saturated carbocycles. The monoisotopic (exact) mass is 596 g/mol. The van der Waals surface area contributed by atoms with Gasteiger partial charge in [0.1, 0.15) is 22.2 Å². The number of aromatic carboxylic acids is 1. The number of ether oxygens (including phenoxy) is 2. The summed E-state index contributed by atoms with van der Waals surface area (Å²) in [4.78, 5) is 24.4. The number of rotatable bonds is 11. The van der Waals surface area contributed by atoms with Gasteiger partial charge in [0.2, 0.25) is 15.9 Å². The van der Waals surface area contributed by atoms with Crippen molar-refractivity contribution < 1.29 is 37.0 Å². The lowest BCUT2D eigenvalue weighted by molar-refractivity contribution is 0.0689. The SMILES string of the molecule is CCC(C)NS(=O)(=O)c1cc(NC(=O)c2ccc(OC)cc2)ccc1Oc1c(C)c(C(=O)O)nn1-c1ccc(F)cc1. The lowest BCUT2D eigenvalue weighted by atomic mass is 10.2. The van der Waals surface area contributed by atoms with Gasteiger partial charge in [-0.2, -0.15) is 9.78 Å². The molecule has 3 N–H and O–H groups in total. The third kappa shape index (κ3) is 6.58. The average Bonchev–Trinajstić information content (AvgIpc) is 3.29. The van der Waals surface area contributed by atoms with Crippen LogP contribution in [0.15, 0.2) is 71.6 Å². The third-order valence-corrected chi connectivity index (χ3v) is 7.97. The van der Waals surface area contributed by atoms with E-state index in [0.717, 1.165) is 4.68 Å². The molecule has 0 bridgehead atoms. The molecule has 0 aliphatic carbocycles. The van der Waals surface area contributed by atoms with Gasteiger partial charge in [-0.1, -0.05) is 6.92 Å². The molecule has 1 aromatic heterocycles. The standard InChI is InChI=1S/C29H29FN4O7S/c1-5-17(2)33-42(38,39)25-16-21(31-27(35)19-6-13-23(40-4)14-7-19)10-15-24(25)41-28-18(3)26(29(36)37)32-34(28)22-11-8-20(30)9-12-22/h6-17,33H,5H2,1-4H3,(H,31,35)(H,36,37). The number of amides is 1. The molecule has 0 fully saturated rings. The van der Waals surface area contributed by atoms with Gasteiger partial charge in [0.25, 0.3) is 5.91 Å². The van der Waals surface area contributed by atoms with E-state index in [0.29, 0.717) is 17.7 Å². The van der Waals surface area contributed by atoms with Crippen LogP contribution in [-0.2, 0) is 10.0 Å². The smallest absolute Gasteiger partial charge is 0.356 e. The molecule has 3 aromatic carbocycles. The summed E-state index contributed by atoms with van der Waals surface area (Å²) < 4.78 is 55.5. The Kier molecular flexibility index (Phi) is 8.93. The van der Waals surface area contributed by atoms with Crippen molar-refractivity contribution in [1.29, 1.82) is 0 Å². The largest absolute Gasteiger partial charge is 0.497 e. The van der Waals surface area contributed by atoms with Crippen LogP contribution >= 0.6 is 0 Å². The molecule has 1 amide bonds. The number of aromatic nitrogens is 2. The number of anilines is 1. The first kappa shape index (κ1) is 30.2. The molecule has 13 heteroatoms. The van der Waals surface area contributed by atoms with Crippen LogP contribution in [0, 0.1) is 12.7 Å². The number of carboxylic acids is 1. The van der Waals surface area contributed by atoms with Crippen LogP contribution in [0.25, 0.3) is 5.69 Å². The van der Waals surface area contributed by atoms with Crippen LogP contribution in [0.5, 0.6) is 17.4 Å². The number of carboxylic acid groups (broad SMARTS) is 1. The van der Waals surface area contributed by atoms with Crippen LogP contribution in [0.1, 0.15) is 46.7 Å². The summed E-state index contributed by atoms with van der Waals surface area (Å²) >= 11 is 0. The normalized spacial score (nSPS) is 12.0. The quantitative estimate of drug-likeness (QED) is 0.215. The maximum Gasteiger partial charge on any atom is 0.356 e. The number of methoxy groups -OCH3 is 1. The molecule has 1 unspecified atom stereocenters.